The molecular formula is C18H28O9S. The first-order chi connectivity index (χ1) is 13.3. The zero-order chi connectivity index (χ0) is 20.8. The number of hydrogen-bond acceptors (Lipinski definition) is 9. The molecule has 28 heavy (non-hydrogen) atoms. The first kappa shape index (κ1) is 24.3. The Morgan fingerprint density at radius 1 is 0.929 bits per heavy atom. The fraction of sp³-hybridized carbons (Fsp3) is 0.611. The van der Waals surface area contributed by atoms with Gasteiger partial charge in [-0.25, -0.2) is 4.79 Å². The van der Waals surface area contributed by atoms with E-state index in [1.165, 1.54) is 13.0 Å². The lowest BCUT2D eigenvalue weighted by molar-refractivity contribution is -0.141. The monoisotopic (exact) mass is 420 g/mol. The number of ether oxygens (including phenoxy) is 5. The van der Waals surface area contributed by atoms with Gasteiger partial charge in [0.1, 0.15) is 6.61 Å². The average Bonchev–Trinajstić information content (AvgIpc) is 2.63. The summed E-state index contributed by atoms with van der Waals surface area (Å²) in [6.07, 6.45) is -0.410. The molecule has 1 atom stereocenters. The van der Waals surface area contributed by atoms with Crippen LogP contribution in [0.25, 0.3) is 0 Å². The molecule has 0 aliphatic carbocycles. The van der Waals surface area contributed by atoms with E-state index in [2.05, 4.69) is 4.18 Å². The average molecular weight is 420 g/mol. The fourth-order valence-electron chi connectivity index (χ4n) is 1.94. The van der Waals surface area contributed by atoms with Gasteiger partial charge in [0.05, 0.1) is 39.3 Å². The zero-order valence-electron chi connectivity index (χ0n) is 16.4. The van der Waals surface area contributed by atoms with E-state index in [1.807, 2.05) is 6.92 Å². The van der Waals surface area contributed by atoms with Crippen LogP contribution in [0.15, 0.2) is 24.3 Å². The molecule has 1 rings (SSSR count). The van der Waals surface area contributed by atoms with Gasteiger partial charge in [-0.1, -0.05) is 12.1 Å². The number of benzene rings is 1. The van der Waals surface area contributed by atoms with Crippen molar-refractivity contribution in [2.75, 3.05) is 52.5 Å². The molecule has 0 aliphatic rings. The molecule has 1 aromatic carbocycles. The highest BCUT2D eigenvalue weighted by molar-refractivity contribution is 7.86. The lowest BCUT2D eigenvalue weighted by Gasteiger charge is -2.14. The van der Waals surface area contributed by atoms with Gasteiger partial charge in [0, 0.05) is 6.61 Å². The Labute approximate surface area is 165 Å². The van der Waals surface area contributed by atoms with Crippen LogP contribution in [0.1, 0.15) is 13.8 Å². The van der Waals surface area contributed by atoms with Crippen molar-refractivity contribution in [3.8, 4) is 11.5 Å². The Morgan fingerprint density at radius 2 is 1.46 bits per heavy atom. The van der Waals surface area contributed by atoms with Gasteiger partial charge in [0.15, 0.2) is 17.6 Å². The molecule has 0 bridgehead atoms. The van der Waals surface area contributed by atoms with Gasteiger partial charge in [-0.3, -0.25) is 4.18 Å². The van der Waals surface area contributed by atoms with Gasteiger partial charge < -0.3 is 23.7 Å². The second kappa shape index (κ2) is 13.5. The van der Waals surface area contributed by atoms with Crippen molar-refractivity contribution < 1.29 is 41.1 Å². The van der Waals surface area contributed by atoms with Crippen molar-refractivity contribution in [2.45, 2.75) is 20.0 Å². The molecule has 0 saturated heterocycles. The molecule has 10 heteroatoms. The van der Waals surface area contributed by atoms with Crippen molar-refractivity contribution in [3.05, 3.63) is 24.3 Å². The summed E-state index contributed by atoms with van der Waals surface area (Å²) >= 11 is 0. The topological polar surface area (TPSA) is 107 Å². The summed E-state index contributed by atoms with van der Waals surface area (Å²) in [4.78, 5) is 12.0. The minimum atomic E-state index is -3.77. The molecule has 0 amide bonds. The number of carbonyl (C=O) groups is 1. The molecule has 0 spiro atoms. The molecule has 0 radical (unpaired) electrons. The van der Waals surface area contributed by atoms with Gasteiger partial charge >= 0.3 is 5.97 Å². The Morgan fingerprint density at radius 3 is 2.04 bits per heavy atom. The SMILES string of the molecule is CCOCCOCCOCCOc1ccccc1OC(=O)C(C)OS(C)(=O)=O. The number of esters is 1. The van der Waals surface area contributed by atoms with Gasteiger partial charge in [-0.15, -0.1) is 0 Å². The highest BCUT2D eigenvalue weighted by Crippen LogP contribution is 2.27. The molecule has 1 aromatic rings. The van der Waals surface area contributed by atoms with Crippen LogP contribution < -0.4 is 9.47 Å². The predicted octanol–water partition coefficient (Wildman–Crippen LogP) is 1.41. The minimum absolute atomic E-state index is 0.163. The van der Waals surface area contributed by atoms with E-state index >= 15 is 0 Å². The molecule has 0 heterocycles. The number of hydrogen-bond donors (Lipinski definition) is 0. The molecule has 0 aliphatic heterocycles. The Bertz CT molecular complexity index is 675. The third kappa shape index (κ3) is 11.2. The van der Waals surface area contributed by atoms with Crippen LogP contribution in [0, 0.1) is 0 Å². The van der Waals surface area contributed by atoms with Crippen LogP contribution in [-0.4, -0.2) is 73.0 Å². The quantitative estimate of drug-likeness (QED) is 0.180. The van der Waals surface area contributed by atoms with E-state index in [9.17, 15) is 13.2 Å². The lowest BCUT2D eigenvalue weighted by atomic mass is 10.3. The largest absolute Gasteiger partial charge is 0.487 e. The summed E-state index contributed by atoms with van der Waals surface area (Å²) in [7, 11) is -3.77. The maximum absolute atomic E-state index is 12.0. The summed E-state index contributed by atoms with van der Waals surface area (Å²) in [6, 6.07) is 6.54. The summed E-state index contributed by atoms with van der Waals surface area (Å²) in [5.74, 6) is -0.350. The van der Waals surface area contributed by atoms with Crippen LogP contribution in [0.4, 0.5) is 0 Å². The van der Waals surface area contributed by atoms with Crippen molar-refractivity contribution in [1.29, 1.82) is 0 Å². The highest BCUT2D eigenvalue weighted by atomic mass is 32.2. The fourth-order valence-corrected chi connectivity index (χ4v) is 2.54. The third-order valence-electron chi connectivity index (χ3n) is 3.14. The molecule has 0 fully saturated rings. The van der Waals surface area contributed by atoms with E-state index < -0.39 is 22.2 Å². The molecule has 0 aromatic heterocycles. The molecule has 160 valence electrons. The second-order valence-corrected chi connectivity index (χ2v) is 7.18. The van der Waals surface area contributed by atoms with Crippen LogP contribution in [0.5, 0.6) is 11.5 Å². The van der Waals surface area contributed by atoms with Gasteiger partial charge in [-0.05, 0) is 26.0 Å². The van der Waals surface area contributed by atoms with E-state index in [-0.39, 0.29) is 12.4 Å². The van der Waals surface area contributed by atoms with Gasteiger partial charge in [-0.2, -0.15) is 8.42 Å². The Kier molecular flexibility index (Phi) is 11.7. The molecule has 0 saturated carbocycles. The Hall–Kier alpha value is -1.72. The minimum Gasteiger partial charge on any atom is -0.487 e. The number of rotatable bonds is 15. The van der Waals surface area contributed by atoms with E-state index in [4.69, 9.17) is 23.7 Å². The zero-order valence-corrected chi connectivity index (χ0v) is 17.2. The van der Waals surface area contributed by atoms with Crippen LogP contribution in [0.3, 0.4) is 0 Å². The summed E-state index contributed by atoms with van der Waals surface area (Å²) in [5, 5.41) is 0. The molecule has 0 N–H and O–H groups in total. The van der Waals surface area contributed by atoms with Crippen molar-refractivity contribution >= 4 is 16.1 Å². The maximum Gasteiger partial charge on any atom is 0.342 e. The maximum atomic E-state index is 12.0. The van der Waals surface area contributed by atoms with Crippen molar-refractivity contribution in [2.24, 2.45) is 0 Å². The smallest absolute Gasteiger partial charge is 0.342 e. The summed E-state index contributed by atoms with van der Waals surface area (Å²) in [5.41, 5.74) is 0. The first-order valence-corrected chi connectivity index (χ1v) is 10.7. The molecule has 9 nitrogen and oxygen atoms in total. The number of para-hydroxylation sites is 2. The van der Waals surface area contributed by atoms with E-state index in [1.54, 1.807) is 18.2 Å². The van der Waals surface area contributed by atoms with E-state index in [0.717, 1.165) is 6.26 Å². The molecule has 1 unspecified atom stereocenters. The summed E-state index contributed by atoms with van der Waals surface area (Å²) in [6.45, 7) is 6.40. The van der Waals surface area contributed by atoms with Crippen LogP contribution in [-0.2, 0) is 33.3 Å². The van der Waals surface area contributed by atoms with Crippen LogP contribution >= 0.6 is 0 Å². The Balaban J connectivity index is 2.33. The van der Waals surface area contributed by atoms with Gasteiger partial charge in [0.25, 0.3) is 10.1 Å². The van der Waals surface area contributed by atoms with Crippen molar-refractivity contribution in [3.63, 3.8) is 0 Å². The normalized spacial score (nSPS) is 12.5. The lowest BCUT2D eigenvalue weighted by Crippen LogP contribution is -2.28. The van der Waals surface area contributed by atoms with E-state index in [0.29, 0.717) is 45.4 Å². The third-order valence-corrected chi connectivity index (χ3v) is 3.78. The standard InChI is InChI=1S/C18H28O9S/c1-4-22-9-10-23-11-12-24-13-14-25-16-7-5-6-8-17(16)26-18(19)15(2)27-28(3,20)21/h5-8,15H,4,9-14H2,1-3H3. The highest BCUT2D eigenvalue weighted by Gasteiger charge is 2.22. The summed E-state index contributed by atoms with van der Waals surface area (Å²) < 4.78 is 53.4. The van der Waals surface area contributed by atoms with Gasteiger partial charge in [0.2, 0.25) is 0 Å². The predicted molar refractivity (Wildman–Crippen MR) is 101 cm³/mol. The second-order valence-electron chi connectivity index (χ2n) is 5.58. The van der Waals surface area contributed by atoms with Crippen LogP contribution in [0.2, 0.25) is 0 Å². The first-order valence-electron chi connectivity index (χ1n) is 8.88. The molecular weight excluding hydrogens is 392 g/mol. The van der Waals surface area contributed by atoms with Crippen molar-refractivity contribution in [1.82, 2.24) is 0 Å². The number of carbonyl (C=O) groups excluding carboxylic acids is 1.